The molecule has 0 aliphatic carbocycles. The van der Waals surface area contributed by atoms with E-state index in [-0.39, 0.29) is 18.2 Å². The van der Waals surface area contributed by atoms with Crippen LogP contribution in [0.1, 0.15) is 35.1 Å². The minimum Gasteiger partial charge on any atom is -0.398 e. The minimum atomic E-state index is -1.13. The third-order valence-electron chi connectivity index (χ3n) is 6.36. The summed E-state index contributed by atoms with van der Waals surface area (Å²) in [5, 5.41) is 7.16. The van der Waals surface area contributed by atoms with Crippen molar-refractivity contribution < 1.29 is 9.59 Å². The van der Waals surface area contributed by atoms with Gasteiger partial charge in [0.05, 0.1) is 6.04 Å². The Labute approximate surface area is 208 Å². The zero-order valence-electron chi connectivity index (χ0n) is 16.7. The molecule has 2 aliphatic rings. The van der Waals surface area contributed by atoms with Gasteiger partial charge >= 0.3 is 0 Å². The van der Waals surface area contributed by atoms with Crippen LogP contribution in [0, 0.1) is 3.57 Å². The lowest BCUT2D eigenvalue weighted by Gasteiger charge is -2.46. The van der Waals surface area contributed by atoms with E-state index < -0.39 is 17.4 Å². The highest BCUT2D eigenvalue weighted by atomic mass is 127. The van der Waals surface area contributed by atoms with Crippen LogP contribution in [0.5, 0.6) is 0 Å². The molecule has 5 rings (SSSR count). The van der Waals surface area contributed by atoms with Gasteiger partial charge in [-0.2, -0.15) is 0 Å². The molecule has 0 saturated carbocycles. The van der Waals surface area contributed by atoms with Crippen LogP contribution in [0.2, 0.25) is 10.0 Å². The number of nitrogen functional groups attached to an aromatic ring is 1. The number of rotatable bonds is 2. The van der Waals surface area contributed by atoms with Gasteiger partial charge in [-0.3, -0.25) is 9.59 Å². The van der Waals surface area contributed by atoms with Crippen LogP contribution >= 0.6 is 45.8 Å². The highest BCUT2D eigenvalue weighted by molar-refractivity contribution is 14.1. The summed E-state index contributed by atoms with van der Waals surface area (Å²) < 4.78 is 0.954. The van der Waals surface area contributed by atoms with Crippen molar-refractivity contribution in [2.45, 2.75) is 23.8 Å². The van der Waals surface area contributed by atoms with E-state index in [0.29, 0.717) is 27.0 Å². The molecule has 8 heteroatoms. The number of anilines is 2. The van der Waals surface area contributed by atoms with Gasteiger partial charge in [0.25, 0.3) is 0 Å². The molecule has 0 bridgehead atoms. The van der Waals surface area contributed by atoms with Crippen molar-refractivity contribution in [1.29, 1.82) is 0 Å². The Bertz CT molecular complexity index is 1280. The van der Waals surface area contributed by atoms with E-state index >= 15 is 0 Å². The number of halogens is 3. The molecule has 2 aliphatic heterocycles. The standard InChI is InChI=1S/C24H18Cl2IN3O2/c25-13-3-1-2-12(8-13)18-11-21(31)30-22(16-10-15(27)5-7-19(16)28)24(18)17-6-4-14(26)9-20(17)29-23(24)32/h1-10,18,22H,11,28H2,(H,29,32)(H,30,31)/t18-,22+,24-/m0/s1. The van der Waals surface area contributed by atoms with E-state index in [1.54, 1.807) is 24.3 Å². The fourth-order valence-electron chi connectivity index (χ4n) is 5.07. The Morgan fingerprint density at radius 3 is 2.56 bits per heavy atom. The van der Waals surface area contributed by atoms with Gasteiger partial charge in [-0.1, -0.05) is 41.4 Å². The maximum atomic E-state index is 13.9. The van der Waals surface area contributed by atoms with Gasteiger partial charge in [-0.25, -0.2) is 0 Å². The number of carbonyl (C=O) groups excluding carboxylic acids is 2. The maximum absolute atomic E-state index is 13.9. The first-order valence-corrected chi connectivity index (χ1v) is 11.9. The van der Waals surface area contributed by atoms with Gasteiger partial charge in [0.1, 0.15) is 5.41 Å². The Hall–Kier alpha value is -2.29. The van der Waals surface area contributed by atoms with Crippen molar-refractivity contribution in [2.24, 2.45) is 0 Å². The van der Waals surface area contributed by atoms with Crippen LogP contribution in [0.3, 0.4) is 0 Å². The summed E-state index contributed by atoms with van der Waals surface area (Å²) >= 11 is 14.8. The minimum absolute atomic E-state index is 0.135. The lowest BCUT2D eigenvalue weighted by atomic mass is 9.59. The SMILES string of the molecule is Nc1ccc(I)cc1[C@H]1NC(=O)C[C@@H](c2cccc(Cl)c2)[C@]12C(=O)Nc1cc(Cl)ccc12. The van der Waals surface area contributed by atoms with E-state index in [4.69, 9.17) is 28.9 Å². The number of carbonyl (C=O) groups is 2. The van der Waals surface area contributed by atoms with Crippen LogP contribution in [0.15, 0.2) is 60.7 Å². The van der Waals surface area contributed by atoms with Crippen LogP contribution < -0.4 is 16.4 Å². The van der Waals surface area contributed by atoms with Crippen molar-refractivity contribution >= 4 is 69.0 Å². The molecular formula is C24H18Cl2IN3O2. The number of fused-ring (bicyclic) bond motifs is 2. The molecule has 1 fully saturated rings. The largest absolute Gasteiger partial charge is 0.398 e. The molecule has 0 unspecified atom stereocenters. The van der Waals surface area contributed by atoms with E-state index in [1.807, 2.05) is 36.4 Å². The molecule has 1 spiro atoms. The smallest absolute Gasteiger partial charge is 0.238 e. The Kier molecular flexibility index (Phi) is 5.34. The van der Waals surface area contributed by atoms with Gasteiger partial charge in [-0.05, 0) is 81.7 Å². The van der Waals surface area contributed by atoms with E-state index in [9.17, 15) is 9.59 Å². The average molecular weight is 578 g/mol. The first kappa shape index (κ1) is 21.6. The Morgan fingerprint density at radius 2 is 1.78 bits per heavy atom. The van der Waals surface area contributed by atoms with E-state index in [0.717, 1.165) is 14.7 Å². The average Bonchev–Trinajstić information content (AvgIpc) is 3.02. The van der Waals surface area contributed by atoms with E-state index in [2.05, 4.69) is 33.2 Å². The van der Waals surface area contributed by atoms with Gasteiger partial charge in [-0.15, -0.1) is 0 Å². The lowest BCUT2D eigenvalue weighted by Crippen LogP contribution is -2.57. The van der Waals surface area contributed by atoms with Gasteiger partial charge in [0, 0.05) is 37.3 Å². The molecule has 1 saturated heterocycles. The zero-order valence-corrected chi connectivity index (χ0v) is 20.3. The van der Waals surface area contributed by atoms with Crippen LogP contribution in [-0.4, -0.2) is 11.8 Å². The number of hydrogen-bond donors (Lipinski definition) is 3. The molecule has 0 aromatic heterocycles. The van der Waals surface area contributed by atoms with Crippen LogP contribution in [0.25, 0.3) is 0 Å². The summed E-state index contributed by atoms with van der Waals surface area (Å²) in [4.78, 5) is 26.9. The molecule has 162 valence electrons. The third kappa shape index (κ3) is 3.27. The fraction of sp³-hybridized carbons (Fsp3) is 0.167. The summed E-state index contributed by atoms with van der Waals surface area (Å²) in [6, 6.07) is 17.7. The van der Waals surface area contributed by atoms with Gasteiger partial charge < -0.3 is 16.4 Å². The van der Waals surface area contributed by atoms with Gasteiger partial charge in [0.2, 0.25) is 11.8 Å². The third-order valence-corrected chi connectivity index (χ3v) is 7.50. The molecule has 3 aromatic rings. The predicted octanol–water partition coefficient (Wildman–Crippen LogP) is 5.42. The molecule has 3 atom stereocenters. The molecule has 3 aromatic carbocycles. The normalized spacial score (nSPS) is 24.2. The van der Waals surface area contributed by atoms with Gasteiger partial charge in [0.15, 0.2) is 0 Å². The van der Waals surface area contributed by atoms with Crippen molar-refractivity contribution in [3.63, 3.8) is 0 Å². The number of nitrogens with two attached hydrogens (primary N) is 1. The summed E-state index contributed by atoms with van der Waals surface area (Å²) in [7, 11) is 0. The number of nitrogens with one attached hydrogen (secondary N) is 2. The lowest BCUT2D eigenvalue weighted by molar-refractivity contribution is -0.131. The molecule has 0 radical (unpaired) electrons. The predicted molar refractivity (Wildman–Crippen MR) is 135 cm³/mol. The second-order valence-electron chi connectivity index (χ2n) is 8.10. The zero-order chi connectivity index (χ0) is 22.6. The number of benzene rings is 3. The topological polar surface area (TPSA) is 84.2 Å². The van der Waals surface area contributed by atoms with Crippen molar-refractivity contribution in [2.75, 3.05) is 11.1 Å². The van der Waals surface area contributed by atoms with Crippen molar-refractivity contribution in [1.82, 2.24) is 5.32 Å². The fourth-order valence-corrected chi connectivity index (χ4v) is 5.95. The molecule has 2 heterocycles. The Morgan fingerprint density at radius 1 is 1.00 bits per heavy atom. The van der Waals surface area contributed by atoms with E-state index in [1.165, 1.54) is 0 Å². The molecular weight excluding hydrogens is 560 g/mol. The summed E-state index contributed by atoms with van der Waals surface area (Å²) in [6.07, 6.45) is 0.135. The van der Waals surface area contributed by atoms with Crippen LogP contribution in [0.4, 0.5) is 11.4 Å². The monoisotopic (exact) mass is 577 g/mol. The molecule has 5 nitrogen and oxygen atoms in total. The number of hydrogen-bond acceptors (Lipinski definition) is 3. The summed E-state index contributed by atoms with van der Waals surface area (Å²) in [6.45, 7) is 0. The highest BCUT2D eigenvalue weighted by Crippen LogP contribution is 2.58. The molecule has 4 N–H and O–H groups in total. The first-order valence-electron chi connectivity index (χ1n) is 10.0. The quantitative estimate of drug-likeness (QED) is 0.281. The van der Waals surface area contributed by atoms with Crippen molar-refractivity contribution in [3.05, 3.63) is 91.0 Å². The van der Waals surface area contributed by atoms with Crippen LogP contribution in [-0.2, 0) is 15.0 Å². The highest BCUT2D eigenvalue weighted by Gasteiger charge is 2.61. The number of amides is 2. The molecule has 32 heavy (non-hydrogen) atoms. The Balaban J connectivity index is 1.83. The summed E-state index contributed by atoms with van der Waals surface area (Å²) in [5.41, 5.74) is 8.71. The molecule has 2 amide bonds. The maximum Gasteiger partial charge on any atom is 0.238 e. The first-order chi connectivity index (χ1) is 15.3. The second-order valence-corrected chi connectivity index (χ2v) is 10.2. The van der Waals surface area contributed by atoms with Crippen molar-refractivity contribution in [3.8, 4) is 0 Å². The second kappa shape index (κ2) is 7.93. The summed E-state index contributed by atoms with van der Waals surface area (Å²) in [5.74, 6) is -0.818. The number of piperidine rings is 1.